The molecule has 3 nitrogen and oxygen atoms in total. The smallest absolute Gasteiger partial charge is 0.184 e. The van der Waals surface area contributed by atoms with E-state index in [1.807, 2.05) is 58.4 Å². The van der Waals surface area contributed by atoms with Crippen molar-refractivity contribution in [2.24, 2.45) is 0 Å². The van der Waals surface area contributed by atoms with Gasteiger partial charge in [-0.3, -0.25) is 0 Å². The topological polar surface area (TPSA) is 19.6 Å². The number of para-hydroxylation sites is 1. The first-order chi connectivity index (χ1) is 56.5. The average Bonchev–Trinajstić information content (AvgIpc) is 0.852. The normalized spacial score (nSPS) is 13.6. The van der Waals surface area contributed by atoms with E-state index in [1.54, 1.807) is 0 Å². The highest BCUT2D eigenvalue weighted by molar-refractivity contribution is 8.01. The van der Waals surface area contributed by atoms with E-state index in [0.29, 0.717) is 0 Å². The van der Waals surface area contributed by atoms with E-state index >= 15 is 0 Å². The Balaban J connectivity index is 0.000000136. The van der Waals surface area contributed by atoms with Gasteiger partial charge in [0.2, 0.25) is 0 Å². The van der Waals surface area contributed by atoms with Crippen LogP contribution in [0.25, 0.3) is 85.9 Å². The summed E-state index contributed by atoms with van der Waals surface area (Å²) in [5, 5.41) is 21.7. The molecular formula is C104H66N2OS5Si2. The molecule has 0 fully saturated rings. The molecule has 2 spiro atoms. The summed E-state index contributed by atoms with van der Waals surface area (Å²) >= 11 is 9.61. The first-order valence-corrected chi connectivity index (χ1v) is 46.7. The van der Waals surface area contributed by atoms with E-state index in [1.165, 1.54) is 162 Å². The molecule has 0 amide bonds. The summed E-state index contributed by atoms with van der Waals surface area (Å²) in [7, 11) is -5.54. The predicted octanol–water partition coefficient (Wildman–Crippen LogP) is 24.8. The standard InChI is InChI=1S/C54H35NOS2Si.C50H31NS3Si/c1-2-14-36(15-3-1)37-28-30-38(31-29-37)39-32-34-40(35-33-39)55(42-17-12-20-45-53(42)41-16-4-5-19-44(41)56-45)43-18-13-27-52-54(43)58-48-23-8-11-26-51(48)59(52)49-24-9-6-21-46(49)57-47-22-7-10-25-50(47)59;1-2-14-35-32(13-1)27-28-33-31-34(29-30-36(33)35)51(39-17-11-16-38-37-15-3-4-19-41(37)53-49(38)39)40-18-12-26-48-50(40)54-44-22-7-10-25-47(44)55(48)45-23-8-5-20-42(45)52-43-21-6-9-24-46(43)55/h1-35H;1-31H. The van der Waals surface area contributed by atoms with Crippen LogP contribution in [0.2, 0.25) is 0 Å². The van der Waals surface area contributed by atoms with Gasteiger partial charge in [0.15, 0.2) is 16.1 Å². The summed E-state index contributed by atoms with van der Waals surface area (Å²) in [4.78, 5) is 15.9. The van der Waals surface area contributed by atoms with Crippen LogP contribution in [0.1, 0.15) is 0 Å². The lowest BCUT2D eigenvalue weighted by atomic mass is 10.00. The van der Waals surface area contributed by atoms with Crippen LogP contribution in [-0.2, 0) is 0 Å². The number of anilines is 6. The third kappa shape index (κ3) is 10.5. The number of rotatable bonds is 8. The molecule has 24 rings (SSSR count). The summed E-state index contributed by atoms with van der Waals surface area (Å²) in [5.41, 5.74) is 13.5. The zero-order chi connectivity index (χ0) is 75.0. The number of benzene rings is 18. The Hall–Kier alpha value is -12.1. The molecular weight excluding hydrogens is 1510 g/mol. The zero-order valence-corrected chi connectivity index (χ0v) is 67.5. The van der Waals surface area contributed by atoms with Gasteiger partial charge in [0, 0.05) is 71.4 Å². The summed E-state index contributed by atoms with van der Waals surface area (Å²) in [6, 6.07) is 149. The van der Waals surface area contributed by atoms with E-state index in [0.717, 1.165) is 39.0 Å². The number of hydrogen-bond donors (Lipinski definition) is 0. The van der Waals surface area contributed by atoms with Crippen LogP contribution in [-0.4, -0.2) is 16.1 Å². The minimum Gasteiger partial charge on any atom is -0.456 e. The van der Waals surface area contributed by atoms with E-state index in [4.69, 9.17) is 4.42 Å². The Labute approximate surface area is 683 Å². The Morgan fingerprint density at radius 2 is 0.605 bits per heavy atom. The molecule has 4 aliphatic rings. The molecule has 0 unspecified atom stereocenters. The van der Waals surface area contributed by atoms with Crippen LogP contribution in [0.15, 0.2) is 444 Å². The molecule has 0 saturated carbocycles. The van der Waals surface area contributed by atoms with Gasteiger partial charge in [0.1, 0.15) is 11.2 Å². The lowest BCUT2D eigenvalue weighted by Gasteiger charge is -2.44. The maximum absolute atomic E-state index is 6.53. The number of hydrogen-bond acceptors (Lipinski definition) is 8. The van der Waals surface area contributed by atoms with Crippen LogP contribution in [0.5, 0.6) is 0 Å². The van der Waals surface area contributed by atoms with Gasteiger partial charge in [-0.05, 0) is 188 Å². The highest BCUT2D eigenvalue weighted by Gasteiger charge is 2.54. The lowest BCUT2D eigenvalue weighted by Crippen LogP contribution is -2.78. The van der Waals surface area contributed by atoms with Gasteiger partial charge < -0.3 is 14.2 Å². The zero-order valence-electron chi connectivity index (χ0n) is 61.4. The van der Waals surface area contributed by atoms with Gasteiger partial charge in [-0.1, -0.05) is 344 Å². The third-order valence-electron chi connectivity index (χ3n) is 23.6. The van der Waals surface area contributed by atoms with Crippen molar-refractivity contribution in [3.05, 3.63) is 400 Å². The molecule has 20 aromatic rings. The van der Waals surface area contributed by atoms with Gasteiger partial charge >= 0.3 is 0 Å². The number of thiophene rings is 1. The highest BCUT2D eigenvalue weighted by atomic mass is 32.2. The molecule has 6 heterocycles. The fraction of sp³-hybridized carbons (Fsp3) is 0. The molecule has 0 atom stereocenters. The van der Waals surface area contributed by atoms with Crippen molar-refractivity contribution in [3.8, 4) is 22.3 Å². The van der Waals surface area contributed by atoms with Crippen LogP contribution in [0, 0.1) is 0 Å². The second-order valence-electron chi connectivity index (χ2n) is 29.5. The first kappa shape index (κ1) is 67.6. The number of furan rings is 1. The van der Waals surface area contributed by atoms with Crippen LogP contribution in [0.3, 0.4) is 0 Å². The minimum atomic E-state index is -2.79. The summed E-state index contributed by atoms with van der Waals surface area (Å²) in [5.74, 6) is 0. The van der Waals surface area contributed by atoms with Crippen LogP contribution in [0.4, 0.5) is 34.1 Å². The van der Waals surface area contributed by atoms with E-state index in [2.05, 4.69) is 410 Å². The van der Waals surface area contributed by atoms with Gasteiger partial charge in [0.25, 0.3) is 0 Å². The van der Waals surface area contributed by atoms with E-state index in [9.17, 15) is 0 Å². The summed E-state index contributed by atoms with van der Waals surface area (Å²) < 4.78 is 9.15. The molecule has 4 aliphatic heterocycles. The molecule has 536 valence electrons. The first-order valence-electron chi connectivity index (χ1n) is 38.7. The van der Waals surface area contributed by atoms with Crippen molar-refractivity contribution >= 4 is 214 Å². The maximum atomic E-state index is 6.53. The van der Waals surface area contributed by atoms with E-state index in [-0.39, 0.29) is 0 Å². The van der Waals surface area contributed by atoms with Crippen molar-refractivity contribution in [2.75, 3.05) is 9.80 Å². The van der Waals surface area contributed by atoms with E-state index < -0.39 is 16.1 Å². The Kier molecular flexibility index (Phi) is 16.2. The second kappa shape index (κ2) is 27.4. The van der Waals surface area contributed by atoms with Crippen LogP contribution >= 0.6 is 58.4 Å². The quantitative estimate of drug-likeness (QED) is 0.110. The maximum Gasteiger partial charge on any atom is 0.184 e. The highest BCUT2D eigenvalue weighted by Crippen LogP contribution is 2.53. The lowest BCUT2D eigenvalue weighted by molar-refractivity contribution is 0.669. The van der Waals surface area contributed by atoms with Gasteiger partial charge in [0.05, 0.1) is 32.8 Å². The average molecular weight is 1580 g/mol. The minimum absolute atomic E-state index is 0.879. The largest absolute Gasteiger partial charge is 0.456 e. The fourth-order valence-corrected chi connectivity index (χ4v) is 38.4. The monoisotopic (exact) mass is 1570 g/mol. The molecule has 114 heavy (non-hydrogen) atoms. The SMILES string of the molecule is c1ccc(-c2ccc(-c3ccc(N(c4cccc5c4Sc4ccccc4[Si]54c5ccccc5Sc5ccccc54)c4cccc5oc6ccccc6c45)cc3)cc2)cc1.c1ccc2c(c1)Sc1ccccc1[Si]21c2ccccc2Sc2c(N(c3ccc4c(ccc5ccccc54)c3)c3cccc4c3sc3ccccc34)cccc21. The van der Waals surface area contributed by atoms with Crippen molar-refractivity contribution in [3.63, 3.8) is 0 Å². The van der Waals surface area contributed by atoms with Crippen molar-refractivity contribution < 1.29 is 4.42 Å². The van der Waals surface area contributed by atoms with Gasteiger partial charge in [-0.15, -0.1) is 11.3 Å². The molecule has 2 aromatic heterocycles. The Bertz CT molecular complexity index is 7170. The molecule has 0 aliphatic carbocycles. The van der Waals surface area contributed by atoms with Gasteiger partial charge in [-0.25, -0.2) is 0 Å². The Morgan fingerprint density at radius 1 is 0.228 bits per heavy atom. The molecule has 0 saturated heterocycles. The number of nitrogens with zero attached hydrogens (tertiary/aromatic N) is 2. The molecule has 0 radical (unpaired) electrons. The van der Waals surface area contributed by atoms with Crippen molar-refractivity contribution in [1.82, 2.24) is 0 Å². The fourth-order valence-electron chi connectivity index (χ4n) is 18.7. The van der Waals surface area contributed by atoms with Crippen molar-refractivity contribution in [1.29, 1.82) is 0 Å². The van der Waals surface area contributed by atoms with Crippen LogP contribution < -0.4 is 51.3 Å². The summed E-state index contributed by atoms with van der Waals surface area (Å²) in [6.07, 6.45) is 0. The Morgan fingerprint density at radius 3 is 1.18 bits per heavy atom. The molecule has 0 N–H and O–H groups in total. The van der Waals surface area contributed by atoms with Crippen molar-refractivity contribution in [2.45, 2.75) is 39.2 Å². The predicted molar refractivity (Wildman–Crippen MR) is 492 cm³/mol. The molecule has 10 heteroatoms. The molecule has 18 aromatic carbocycles. The third-order valence-corrected chi connectivity index (χ3v) is 40.9. The van der Waals surface area contributed by atoms with Gasteiger partial charge in [-0.2, -0.15) is 0 Å². The molecule has 0 bridgehead atoms. The second-order valence-corrected chi connectivity index (χ2v) is 42.2. The number of fused-ring (bicyclic) bond motifs is 25. The summed E-state index contributed by atoms with van der Waals surface area (Å²) in [6.45, 7) is 0.